The van der Waals surface area contributed by atoms with E-state index in [1.54, 1.807) is 41.3 Å². The summed E-state index contributed by atoms with van der Waals surface area (Å²) in [6, 6.07) is 22.2. The summed E-state index contributed by atoms with van der Waals surface area (Å²) in [5.41, 5.74) is 4.34. The van der Waals surface area contributed by atoms with E-state index in [2.05, 4.69) is 10.6 Å². The third-order valence-electron chi connectivity index (χ3n) is 5.58. The lowest BCUT2D eigenvalue weighted by molar-refractivity contribution is -0.116. The van der Waals surface area contributed by atoms with Crippen molar-refractivity contribution in [3.05, 3.63) is 95.1 Å². The fourth-order valence-electron chi connectivity index (χ4n) is 3.91. The van der Waals surface area contributed by atoms with Crippen LogP contribution in [-0.2, 0) is 17.6 Å². The second kappa shape index (κ2) is 9.47. The number of carbonyl (C=O) groups excluding carboxylic acids is 3. The van der Waals surface area contributed by atoms with Crippen LogP contribution < -0.4 is 15.5 Å². The van der Waals surface area contributed by atoms with E-state index in [4.69, 9.17) is 0 Å². The van der Waals surface area contributed by atoms with Gasteiger partial charge in [0.1, 0.15) is 0 Å². The van der Waals surface area contributed by atoms with Crippen molar-refractivity contribution >= 4 is 29.1 Å². The molecule has 0 saturated heterocycles. The van der Waals surface area contributed by atoms with Gasteiger partial charge in [-0.2, -0.15) is 0 Å². The molecule has 0 fully saturated rings. The van der Waals surface area contributed by atoms with E-state index < -0.39 is 0 Å². The number of nitrogens with zero attached hydrogens (tertiary/aromatic N) is 1. The second-order valence-corrected chi connectivity index (χ2v) is 7.76. The summed E-state index contributed by atoms with van der Waals surface area (Å²) in [6.07, 6.45) is 1.45. The summed E-state index contributed by atoms with van der Waals surface area (Å²) < 4.78 is 0. The number of hydrogen-bond acceptors (Lipinski definition) is 3. The van der Waals surface area contributed by atoms with Crippen molar-refractivity contribution in [2.75, 3.05) is 23.3 Å². The largest absolute Gasteiger partial charge is 0.352 e. The van der Waals surface area contributed by atoms with Crippen molar-refractivity contribution in [3.8, 4) is 0 Å². The van der Waals surface area contributed by atoms with E-state index in [-0.39, 0.29) is 17.7 Å². The number of anilines is 2. The van der Waals surface area contributed by atoms with Crippen LogP contribution >= 0.6 is 0 Å². The molecule has 4 rings (SSSR count). The van der Waals surface area contributed by atoms with E-state index >= 15 is 0 Å². The van der Waals surface area contributed by atoms with Crippen LogP contribution in [-0.4, -0.2) is 30.8 Å². The summed E-state index contributed by atoms with van der Waals surface area (Å²) in [5, 5.41) is 5.78. The highest BCUT2D eigenvalue weighted by atomic mass is 16.2. The van der Waals surface area contributed by atoms with Gasteiger partial charge < -0.3 is 15.5 Å². The number of amides is 3. The first kappa shape index (κ1) is 21.3. The van der Waals surface area contributed by atoms with Gasteiger partial charge in [0.2, 0.25) is 5.91 Å². The van der Waals surface area contributed by atoms with Gasteiger partial charge in [-0.05, 0) is 54.3 Å². The molecule has 0 saturated carbocycles. The van der Waals surface area contributed by atoms with Gasteiger partial charge in [-0.1, -0.05) is 42.5 Å². The maximum atomic E-state index is 12.9. The maximum absolute atomic E-state index is 12.9. The molecule has 1 aliphatic heterocycles. The Morgan fingerprint density at radius 3 is 2.44 bits per heavy atom. The average Bonchev–Trinajstić information content (AvgIpc) is 3.24. The Morgan fingerprint density at radius 1 is 0.906 bits per heavy atom. The zero-order valence-corrected chi connectivity index (χ0v) is 17.9. The molecule has 3 aromatic rings. The zero-order chi connectivity index (χ0) is 22.5. The van der Waals surface area contributed by atoms with E-state index in [9.17, 15) is 14.4 Å². The van der Waals surface area contributed by atoms with Crippen molar-refractivity contribution in [2.24, 2.45) is 0 Å². The van der Waals surface area contributed by atoms with Gasteiger partial charge in [0.25, 0.3) is 11.8 Å². The van der Waals surface area contributed by atoms with Crippen LogP contribution in [0.15, 0.2) is 72.8 Å². The molecule has 0 atom stereocenters. The molecule has 0 aliphatic carbocycles. The Kier molecular flexibility index (Phi) is 6.31. The van der Waals surface area contributed by atoms with Gasteiger partial charge in [0.05, 0.1) is 11.3 Å². The fourth-order valence-corrected chi connectivity index (χ4v) is 3.91. The van der Waals surface area contributed by atoms with Gasteiger partial charge in [-0.3, -0.25) is 14.4 Å². The van der Waals surface area contributed by atoms with E-state index in [1.807, 2.05) is 36.4 Å². The van der Waals surface area contributed by atoms with Crippen LogP contribution in [0.4, 0.5) is 11.4 Å². The quantitative estimate of drug-likeness (QED) is 0.628. The first-order chi connectivity index (χ1) is 15.5. The van der Waals surface area contributed by atoms with Gasteiger partial charge in [0.15, 0.2) is 0 Å². The first-order valence-electron chi connectivity index (χ1n) is 10.7. The Labute approximate surface area is 187 Å². The summed E-state index contributed by atoms with van der Waals surface area (Å²) in [5.74, 6) is -0.533. The monoisotopic (exact) mass is 427 g/mol. The van der Waals surface area contributed by atoms with Crippen LogP contribution in [0.5, 0.6) is 0 Å². The lowest BCUT2D eigenvalue weighted by Gasteiger charge is -2.15. The van der Waals surface area contributed by atoms with Crippen LogP contribution in [0.3, 0.4) is 0 Å². The molecule has 32 heavy (non-hydrogen) atoms. The average molecular weight is 428 g/mol. The fraction of sp³-hybridized carbons (Fsp3) is 0.192. The molecule has 6 nitrogen and oxygen atoms in total. The topological polar surface area (TPSA) is 78.5 Å². The Morgan fingerprint density at radius 2 is 1.66 bits per heavy atom. The molecule has 1 aliphatic rings. The summed E-state index contributed by atoms with van der Waals surface area (Å²) in [6.45, 7) is 2.67. The Balaban J connectivity index is 1.43. The number of benzene rings is 3. The minimum absolute atomic E-state index is 0.00634. The first-order valence-corrected chi connectivity index (χ1v) is 10.7. The molecule has 0 aromatic heterocycles. The maximum Gasteiger partial charge on any atom is 0.255 e. The van der Waals surface area contributed by atoms with Crippen LogP contribution in [0.2, 0.25) is 0 Å². The van der Waals surface area contributed by atoms with Gasteiger partial charge in [-0.25, -0.2) is 0 Å². The number of rotatable bonds is 6. The highest BCUT2D eigenvalue weighted by Gasteiger charge is 2.23. The highest BCUT2D eigenvalue weighted by Crippen LogP contribution is 2.29. The van der Waals surface area contributed by atoms with Crippen molar-refractivity contribution < 1.29 is 14.4 Å². The van der Waals surface area contributed by atoms with E-state index in [1.165, 1.54) is 6.92 Å². The number of carbonyl (C=O) groups is 3. The molecular formula is C26H25N3O3. The van der Waals surface area contributed by atoms with Crippen LogP contribution in [0, 0.1) is 0 Å². The molecule has 2 N–H and O–H groups in total. The molecule has 3 amide bonds. The Bertz CT molecular complexity index is 1160. The number of nitrogens with one attached hydrogen (secondary N) is 2. The predicted octanol–water partition coefficient (Wildman–Crippen LogP) is 3.82. The minimum atomic E-state index is -0.293. The zero-order valence-electron chi connectivity index (χ0n) is 17.9. The predicted molar refractivity (Wildman–Crippen MR) is 125 cm³/mol. The number of para-hydroxylation sites is 1. The van der Waals surface area contributed by atoms with Crippen LogP contribution in [0.25, 0.3) is 0 Å². The van der Waals surface area contributed by atoms with E-state index in [0.29, 0.717) is 29.9 Å². The van der Waals surface area contributed by atoms with Gasteiger partial charge in [0, 0.05) is 31.3 Å². The van der Waals surface area contributed by atoms with Gasteiger partial charge >= 0.3 is 0 Å². The third kappa shape index (κ3) is 4.70. The smallest absolute Gasteiger partial charge is 0.255 e. The molecule has 0 spiro atoms. The summed E-state index contributed by atoms with van der Waals surface area (Å²) in [7, 11) is 0. The SMILES string of the molecule is CC(=O)N1CCc2cc(C(=O)Nc3ccccc3C(=O)NCCc3ccccc3)ccc21. The molecule has 0 bridgehead atoms. The summed E-state index contributed by atoms with van der Waals surface area (Å²) >= 11 is 0. The normalized spacial score (nSPS) is 12.2. The van der Waals surface area contributed by atoms with Crippen LogP contribution in [0.1, 0.15) is 38.8 Å². The molecule has 0 radical (unpaired) electrons. The third-order valence-corrected chi connectivity index (χ3v) is 5.58. The standard InChI is InChI=1S/C26H25N3O3/c1-18(30)29-16-14-20-17-21(11-12-24(20)29)25(31)28-23-10-6-5-9-22(23)26(32)27-15-13-19-7-3-2-4-8-19/h2-12,17H,13-16H2,1H3,(H,27,32)(H,28,31). The molecule has 0 unspecified atom stereocenters. The number of fused-ring (bicyclic) bond motifs is 1. The molecule has 6 heteroatoms. The highest BCUT2D eigenvalue weighted by molar-refractivity contribution is 6.09. The molecule has 162 valence electrons. The second-order valence-electron chi connectivity index (χ2n) is 7.76. The minimum Gasteiger partial charge on any atom is -0.352 e. The van der Waals surface area contributed by atoms with Crippen molar-refractivity contribution in [3.63, 3.8) is 0 Å². The Hall–Kier alpha value is -3.93. The van der Waals surface area contributed by atoms with Crippen molar-refractivity contribution in [1.82, 2.24) is 5.32 Å². The summed E-state index contributed by atoms with van der Waals surface area (Å²) in [4.78, 5) is 39.1. The molecular weight excluding hydrogens is 402 g/mol. The number of hydrogen-bond donors (Lipinski definition) is 2. The van der Waals surface area contributed by atoms with Crippen molar-refractivity contribution in [2.45, 2.75) is 19.8 Å². The molecule has 3 aromatic carbocycles. The van der Waals surface area contributed by atoms with E-state index in [0.717, 1.165) is 29.7 Å². The van der Waals surface area contributed by atoms with Crippen molar-refractivity contribution in [1.29, 1.82) is 0 Å². The van der Waals surface area contributed by atoms with Gasteiger partial charge in [-0.15, -0.1) is 0 Å². The molecule has 1 heterocycles. The lowest BCUT2D eigenvalue weighted by atomic mass is 10.1. The lowest BCUT2D eigenvalue weighted by Crippen LogP contribution is -2.27.